The van der Waals surface area contributed by atoms with E-state index in [1.165, 1.54) is 23.2 Å². The summed E-state index contributed by atoms with van der Waals surface area (Å²) in [4.78, 5) is 0. The molecule has 18 heavy (non-hydrogen) atoms. The van der Waals surface area contributed by atoms with Gasteiger partial charge in [0.25, 0.3) is 0 Å². The van der Waals surface area contributed by atoms with E-state index in [-0.39, 0.29) is 0 Å². The Morgan fingerprint density at radius 3 is 3.17 bits per heavy atom. The van der Waals surface area contributed by atoms with Gasteiger partial charge >= 0.3 is 0 Å². The van der Waals surface area contributed by atoms with Crippen LogP contribution in [0.2, 0.25) is 0 Å². The summed E-state index contributed by atoms with van der Waals surface area (Å²) in [7, 11) is 0. The molecule has 1 aliphatic carbocycles. The summed E-state index contributed by atoms with van der Waals surface area (Å²) in [5, 5.41) is 9.09. The Balaban J connectivity index is 2.09. The maximum Gasteiger partial charge on any atom is 0.0994 e. The number of benzene rings is 1. The zero-order valence-electron chi connectivity index (χ0n) is 10.3. The Kier molecular flexibility index (Phi) is 4.95. The molecule has 0 saturated heterocycles. The molecule has 0 aromatic heterocycles. The molecule has 5 heteroatoms. The van der Waals surface area contributed by atoms with Crippen LogP contribution in [0, 0.1) is 11.3 Å². The second-order valence-corrected chi connectivity index (χ2v) is 5.27. The van der Waals surface area contributed by atoms with Gasteiger partial charge in [0.2, 0.25) is 0 Å². The zero-order valence-corrected chi connectivity index (χ0v) is 12.0. The van der Waals surface area contributed by atoms with Crippen LogP contribution in [0.25, 0.3) is 0 Å². The fourth-order valence-corrected chi connectivity index (χ4v) is 2.98. The van der Waals surface area contributed by atoms with Gasteiger partial charge in [0.05, 0.1) is 18.2 Å². The maximum atomic E-state index is 9.09. The molecule has 0 radical (unpaired) electrons. The van der Waals surface area contributed by atoms with Crippen LogP contribution in [0.5, 0.6) is 0 Å². The van der Waals surface area contributed by atoms with E-state index < -0.39 is 0 Å². The Hall–Kier alpha value is -0.670. The first-order valence-electron chi connectivity index (χ1n) is 5.91. The summed E-state index contributed by atoms with van der Waals surface area (Å²) in [5.74, 6) is 0. The Labute approximate surface area is 118 Å². The molecule has 0 bridgehead atoms. The minimum atomic E-state index is 0.294. The quantitative estimate of drug-likeness (QED) is 0.511. The van der Waals surface area contributed by atoms with E-state index in [0.29, 0.717) is 12.6 Å². The highest BCUT2D eigenvalue weighted by Crippen LogP contribution is 2.37. The molecular weight excluding hydrogens is 264 g/mol. The third kappa shape index (κ3) is 2.83. The molecule has 1 aliphatic rings. The predicted octanol–water partition coefficient (Wildman–Crippen LogP) is 2.99. The minimum Gasteiger partial charge on any atom is -0.314 e. The number of nitriles is 1. The van der Waals surface area contributed by atoms with E-state index in [1.54, 1.807) is 0 Å². The molecule has 0 aliphatic heterocycles. The molecule has 2 rings (SSSR count). The molecule has 0 N–H and O–H groups in total. The van der Waals surface area contributed by atoms with Crippen molar-refractivity contribution in [2.75, 3.05) is 19.4 Å². The van der Waals surface area contributed by atoms with Crippen LogP contribution in [0.4, 0.5) is 0 Å². The van der Waals surface area contributed by atoms with Crippen molar-refractivity contribution in [3.8, 4) is 6.07 Å². The number of rotatable bonds is 5. The van der Waals surface area contributed by atoms with E-state index in [4.69, 9.17) is 9.44 Å². The van der Waals surface area contributed by atoms with Crippen molar-refractivity contribution in [2.45, 2.75) is 18.9 Å². The summed E-state index contributed by atoms with van der Waals surface area (Å²) >= 11 is 5.92. The van der Waals surface area contributed by atoms with Gasteiger partial charge in [-0.25, -0.2) is 4.31 Å². The van der Waals surface area contributed by atoms with Crippen LogP contribution >= 0.6 is 24.9 Å². The van der Waals surface area contributed by atoms with Crippen LogP contribution < -0.4 is 0 Å². The Morgan fingerprint density at radius 1 is 1.61 bits per heavy atom. The lowest BCUT2D eigenvalue weighted by atomic mass is 10.0. The first kappa shape index (κ1) is 13.8. The number of nitrogens with zero attached hydrogens (tertiary/aromatic N) is 2. The van der Waals surface area contributed by atoms with Crippen molar-refractivity contribution in [3.63, 3.8) is 0 Å². The summed E-state index contributed by atoms with van der Waals surface area (Å²) in [6.45, 7) is 1.44. The fourth-order valence-electron chi connectivity index (χ4n) is 2.42. The van der Waals surface area contributed by atoms with Gasteiger partial charge in [-0.15, -0.1) is 0 Å². The smallest absolute Gasteiger partial charge is 0.0994 e. The molecule has 0 heterocycles. The molecule has 0 spiro atoms. The number of hydrogen-bond donors (Lipinski definition) is 1. The lowest BCUT2D eigenvalue weighted by molar-refractivity contribution is 0.283. The van der Waals surface area contributed by atoms with Crippen molar-refractivity contribution >= 4 is 24.9 Å². The molecule has 1 atom stereocenters. The SMILES string of the molecule is CSOCCN(S)C1CCc2c(C#N)cccc21. The normalized spacial score (nSPS) is 17.8. The number of hydrogen-bond acceptors (Lipinski definition) is 5. The summed E-state index contributed by atoms with van der Waals surface area (Å²) in [6.07, 6.45) is 3.90. The highest BCUT2D eigenvalue weighted by atomic mass is 32.2. The van der Waals surface area contributed by atoms with Gasteiger partial charge in [0.1, 0.15) is 0 Å². The van der Waals surface area contributed by atoms with Crippen LogP contribution in [0.1, 0.15) is 29.2 Å². The molecule has 0 amide bonds. The summed E-state index contributed by atoms with van der Waals surface area (Å²) < 4.78 is 7.29. The van der Waals surface area contributed by atoms with E-state index in [1.807, 2.05) is 22.7 Å². The third-order valence-electron chi connectivity index (χ3n) is 3.24. The van der Waals surface area contributed by atoms with Crippen LogP contribution in [-0.2, 0) is 10.6 Å². The molecule has 1 aromatic carbocycles. The lowest BCUT2D eigenvalue weighted by Gasteiger charge is -2.23. The standard InChI is InChI=1S/C13H16N2OS2/c1-18-16-8-7-15(17)13-6-5-11-10(9-14)3-2-4-12(11)13/h2-4,13,17H,5-8H2,1H3. The molecule has 96 valence electrons. The molecule has 1 aromatic rings. The molecule has 1 unspecified atom stereocenters. The van der Waals surface area contributed by atoms with Crippen molar-refractivity contribution in [2.24, 2.45) is 0 Å². The molecule has 0 saturated carbocycles. The monoisotopic (exact) mass is 280 g/mol. The first-order chi connectivity index (χ1) is 8.77. The average Bonchev–Trinajstić information content (AvgIpc) is 2.82. The van der Waals surface area contributed by atoms with Gasteiger partial charge in [-0.05, 0) is 42.1 Å². The van der Waals surface area contributed by atoms with Gasteiger partial charge < -0.3 is 4.18 Å². The van der Waals surface area contributed by atoms with E-state index in [2.05, 4.69) is 25.0 Å². The van der Waals surface area contributed by atoms with Crippen LogP contribution in [0.15, 0.2) is 18.2 Å². The largest absolute Gasteiger partial charge is 0.314 e. The van der Waals surface area contributed by atoms with E-state index in [9.17, 15) is 0 Å². The third-order valence-corrected chi connectivity index (χ3v) is 4.12. The first-order valence-corrected chi connectivity index (χ1v) is 7.46. The van der Waals surface area contributed by atoms with Gasteiger partial charge in [0.15, 0.2) is 0 Å². The molecule has 0 fully saturated rings. The minimum absolute atomic E-state index is 0.294. The van der Waals surface area contributed by atoms with Gasteiger partial charge in [-0.3, -0.25) is 0 Å². The zero-order chi connectivity index (χ0) is 13.0. The van der Waals surface area contributed by atoms with E-state index in [0.717, 1.165) is 24.9 Å². The lowest BCUT2D eigenvalue weighted by Crippen LogP contribution is -2.21. The maximum absolute atomic E-state index is 9.09. The van der Waals surface area contributed by atoms with Gasteiger partial charge in [0, 0.05) is 18.8 Å². The van der Waals surface area contributed by atoms with Crippen molar-refractivity contribution in [3.05, 3.63) is 34.9 Å². The van der Waals surface area contributed by atoms with Crippen molar-refractivity contribution in [1.82, 2.24) is 4.31 Å². The Morgan fingerprint density at radius 2 is 2.44 bits per heavy atom. The van der Waals surface area contributed by atoms with Crippen molar-refractivity contribution < 1.29 is 4.18 Å². The Bertz CT molecular complexity index is 459. The molecule has 3 nitrogen and oxygen atoms in total. The topological polar surface area (TPSA) is 36.3 Å². The average molecular weight is 280 g/mol. The number of thiol groups is 1. The van der Waals surface area contributed by atoms with E-state index >= 15 is 0 Å². The summed E-state index contributed by atoms with van der Waals surface area (Å²) in [6, 6.07) is 8.51. The molecular formula is C13H16N2OS2. The predicted molar refractivity (Wildman–Crippen MR) is 77.4 cm³/mol. The highest BCUT2D eigenvalue weighted by Gasteiger charge is 2.27. The fraction of sp³-hybridized carbons (Fsp3) is 0.462. The van der Waals surface area contributed by atoms with Crippen LogP contribution in [-0.4, -0.2) is 23.7 Å². The van der Waals surface area contributed by atoms with Gasteiger partial charge in [-0.2, -0.15) is 5.26 Å². The highest BCUT2D eigenvalue weighted by molar-refractivity contribution is 7.93. The van der Waals surface area contributed by atoms with Gasteiger partial charge in [-0.1, -0.05) is 24.9 Å². The van der Waals surface area contributed by atoms with Crippen LogP contribution in [0.3, 0.4) is 0 Å². The number of fused-ring (bicyclic) bond motifs is 1. The van der Waals surface area contributed by atoms with Crippen molar-refractivity contribution in [1.29, 1.82) is 5.26 Å². The second kappa shape index (κ2) is 6.48. The summed E-state index contributed by atoms with van der Waals surface area (Å²) in [5.41, 5.74) is 3.24. The second-order valence-electron chi connectivity index (χ2n) is 4.19.